The molecule has 1 aliphatic rings. The molecular formula is C25H21ClN2O. The maximum absolute atomic E-state index is 13.6. The number of rotatable bonds is 4. The molecule has 0 bridgehead atoms. The molecule has 3 aromatic rings. The first kappa shape index (κ1) is 19.2. The summed E-state index contributed by atoms with van der Waals surface area (Å²) < 4.78 is 0. The van der Waals surface area contributed by atoms with E-state index >= 15 is 0 Å². The fourth-order valence-electron chi connectivity index (χ4n) is 4.42. The molecule has 3 aromatic carbocycles. The second kappa shape index (κ2) is 7.73. The molecule has 0 aromatic heterocycles. The third-order valence-electron chi connectivity index (χ3n) is 5.76. The van der Waals surface area contributed by atoms with E-state index in [4.69, 9.17) is 11.6 Å². The Hall–Kier alpha value is -3.09. The van der Waals surface area contributed by atoms with E-state index in [0.717, 1.165) is 16.7 Å². The van der Waals surface area contributed by atoms with Crippen LogP contribution in [0, 0.1) is 11.3 Å². The highest BCUT2D eigenvalue weighted by atomic mass is 35.5. The van der Waals surface area contributed by atoms with E-state index in [9.17, 15) is 10.1 Å². The van der Waals surface area contributed by atoms with Gasteiger partial charge in [-0.15, -0.1) is 0 Å². The molecule has 0 saturated heterocycles. The van der Waals surface area contributed by atoms with Crippen LogP contribution in [0.1, 0.15) is 46.4 Å². The SMILES string of the molecule is C[C@@]1(CC#N)c2cc(Cl)ccc2C(=O)N(Cc2ccccc2)[C@@H]1c1ccccc1. The van der Waals surface area contributed by atoms with Crippen molar-refractivity contribution in [1.82, 2.24) is 4.90 Å². The molecule has 1 heterocycles. The van der Waals surface area contributed by atoms with Gasteiger partial charge < -0.3 is 4.90 Å². The molecule has 4 heteroatoms. The summed E-state index contributed by atoms with van der Waals surface area (Å²) in [4.78, 5) is 15.5. The zero-order chi connectivity index (χ0) is 20.4. The van der Waals surface area contributed by atoms with Crippen LogP contribution in [-0.4, -0.2) is 10.8 Å². The van der Waals surface area contributed by atoms with Crippen molar-refractivity contribution >= 4 is 17.5 Å². The fraction of sp³-hybridized carbons (Fsp3) is 0.200. The lowest BCUT2D eigenvalue weighted by atomic mass is 9.66. The van der Waals surface area contributed by atoms with Crippen LogP contribution in [0.4, 0.5) is 0 Å². The topological polar surface area (TPSA) is 44.1 Å². The van der Waals surface area contributed by atoms with Crippen molar-refractivity contribution in [3.63, 3.8) is 0 Å². The Morgan fingerprint density at radius 2 is 1.69 bits per heavy atom. The largest absolute Gasteiger partial charge is 0.326 e. The third-order valence-corrected chi connectivity index (χ3v) is 6.00. The summed E-state index contributed by atoms with van der Waals surface area (Å²) in [6, 6.07) is 27.4. The predicted molar refractivity (Wildman–Crippen MR) is 115 cm³/mol. The minimum Gasteiger partial charge on any atom is -0.326 e. The number of hydrogen-bond donors (Lipinski definition) is 0. The molecular weight excluding hydrogens is 380 g/mol. The van der Waals surface area contributed by atoms with Crippen LogP contribution in [0.2, 0.25) is 5.02 Å². The smallest absolute Gasteiger partial charge is 0.255 e. The summed E-state index contributed by atoms with van der Waals surface area (Å²) in [5.41, 5.74) is 2.95. The van der Waals surface area contributed by atoms with E-state index in [1.165, 1.54) is 0 Å². The van der Waals surface area contributed by atoms with Crippen molar-refractivity contribution in [2.75, 3.05) is 0 Å². The highest BCUT2D eigenvalue weighted by molar-refractivity contribution is 6.30. The molecule has 2 atom stereocenters. The van der Waals surface area contributed by atoms with Crippen molar-refractivity contribution in [1.29, 1.82) is 5.26 Å². The molecule has 0 saturated carbocycles. The number of halogens is 1. The fourth-order valence-corrected chi connectivity index (χ4v) is 4.59. The summed E-state index contributed by atoms with van der Waals surface area (Å²) in [6.45, 7) is 2.54. The van der Waals surface area contributed by atoms with Gasteiger partial charge in [-0.05, 0) is 34.9 Å². The first-order chi connectivity index (χ1) is 14.0. The lowest BCUT2D eigenvalue weighted by molar-refractivity contribution is 0.0490. The van der Waals surface area contributed by atoms with Gasteiger partial charge in [0.05, 0.1) is 12.1 Å². The summed E-state index contributed by atoms with van der Waals surface area (Å²) in [6.07, 6.45) is 0.276. The number of hydrogen-bond acceptors (Lipinski definition) is 2. The van der Waals surface area contributed by atoms with Gasteiger partial charge in [0.1, 0.15) is 0 Å². The summed E-state index contributed by atoms with van der Waals surface area (Å²) >= 11 is 6.30. The second-order valence-electron chi connectivity index (χ2n) is 7.67. The predicted octanol–water partition coefficient (Wildman–Crippen LogP) is 5.91. The third kappa shape index (κ3) is 3.41. The molecule has 0 spiro atoms. The number of amides is 1. The average Bonchev–Trinajstić information content (AvgIpc) is 2.74. The number of benzene rings is 3. The first-order valence-electron chi connectivity index (χ1n) is 9.61. The van der Waals surface area contributed by atoms with E-state index < -0.39 is 5.41 Å². The average molecular weight is 401 g/mol. The number of carbonyl (C=O) groups is 1. The minimum atomic E-state index is -0.584. The molecule has 0 unspecified atom stereocenters. The Labute approximate surface area is 176 Å². The van der Waals surface area contributed by atoms with E-state index in [1.54, 1.807) is 12.1 Å². The highest BCUT2D eigenvalue weighted by Gasteiger charge is 2.48. The molecule has 144 valence electrons. The van der Waals surface area contributed by atoms with Crippen LogP contribution in [0.15, 0.2) is 78.9 Å². The Morgan fingerprint density at radius 3 is 2.34 bits per heavy atom. The molecule has 4 rings (SSSR count). The van der Waals surface area contributed by atoms with Gasteiger partial charge >= 0.3 is 0 Å². The Balaban J connectivity index is 1.94. The number of nitriles is 1. The van der Waals surface area contributed by atoms with E-state index in [2.05, 4.69) is 13.0 Å². The number of fused-ring (bicyclic) bond motifs is 1. The monoisotopic (exact) mass is 400 g/mol. The summed E-state index contributed by atoms with van der Waals surface area (Å²) in [5.74, 6) is -0.0372. The molecule has 0 radical (unpaired) electrons. The Kier molecular flexibility index (Phi) is 5.13. The highest BCUT2D eigenvalue weighted by Crippen LogP contribution is 2.50. The van der Waals surface area contributed by atoms with E-state index in [-0.39, 0.29) is 18.4 Å². The van der Waals surface area contributed by atoms with Crippen molar-refractivity contribution in [2.24, 2.45) is 0 Å². The van der Waals surface area contributed by atoms with Gasteiger partial charge in [-0.2, -0.15) is 5.26 Å². The second-order valence-corrected chi connectivity index (χ2v) is 8.11. The molecule has 0 N–H and O–H groups in total. The maximum Gasteiger partial charge on any atom is 0.255 e. The summed E-state index contributed by atoms with van der Waals surface area (Å²) in [7, 11) is 0. The normalized spacial score (nSPS) is 20.8. The van der Waals surface area contributed by atoms with E-state index in [1.807, 2.05) is 71.6 Å². The Bertz CT molecular complexity index is 1070. The molecule has 3 nitrogen and oxygen atoms in total. The van der Waals surface area contributed by atoms with Crippen molar-refractivity contribution in [2.45, 2.75) is 31.3 Å². The van der Waals surface area contributed by atoms with Crippen LogP contribution in [0.5, 0.6) is 0 Å². The van der Waals surface area contributed by atoms with Crippen LogP contribution in [0.25, 0.3) is 0 Å². The lowest BCUT2D eigenvalue weighted by Crippen LogP contribution is -2.50. The van der Waals surface area contributed by atoms with Gasteiger partial charge in [0.2, 0.25) is 0 Å². The van der Waals surface area contributed by atoms with Gasteiger partial charge in [-0.25, -0.2) is 0 Å². The minimum absolute atomic E-state index is 0.0372. The van der Waals surface area contributed by atoms with Crippen LogP contribution in [-0.2, 0) is 12.0 Å². The van der Waals surface area contributed by atoms with Crippen molar-refractivity contribution in [3.05, 3.63) is 106 Å². The van der Waals surface area contributed by atoms with Crippen LogP contribution < -0.4 is 0 Å². The summed E-state index contributed by atoms with van der Waals surface area (Å²) in [5, 5.41) is 10.3. The van der Waals surface area contributed by atoms with Gasteiger partial charge in [-0.3, -0.25) is 4.79 Å². The van der Waals surface area contributed by atoms with Gasteiger partial charge in [0, 0.05) is 29.0 Å². The maximum atomic E-state index is 13.6. The van der Waals surface area contributed by atoms with Crippen LogP contribution >= 0.6 is 11.6 Å². The zero-order valence-corrected chi connectivity index (χ0v) is 16.9. The first-order valence-corrected chi connectivity index (χ1v) is 9.99. The van der Waals surface area contributed by atoms with E-state index in [0.29, 0.717) is 17.1 Å². The van der Waals surface area contributed by atoms with Crippen molar-refractivity contribution < 1.29 is 4.79 Å². The number of nitrogens with zero attached hydrogens (tertiary/aromatic N) is 2. The molecule has 29 heavy (non-hydrogen) atoms. The molecule has 1 amide bonds. The van der Waals surface area contributed by atoms with Crippen LogP contribution in [0.3, 0.4) is 0 Å². The quantitative estimate of drug-likeness (QED) is 0.546. The van der Waals surface area contributed by atoms with Gasteiger partial charge in [-0.1, -0.05) is 79.2 Å². The van der Waals surface area contributed by atoms with Gasteiger partial charge in [0.25, 0.3) is 5.91 Å². The molecule has 0 aliphatic carbocycles. The Morgan fingerprint density at radius 1 is 1.03 bits per heavy atom. The zero-order valence-electron chi connectivity index (χ0n) is 16.2. The molecule has 1 aliphatic heterocycles. The molecule has 0 fully saturated rings. The van der Waals surface area contributed by atoms with Crippen molar-refractivity contribution in [3.8, 4) is 6.07 Å². The number of carbonyl (C=O) groups excluding carboxylic acids is 1. The standard InChI is InChI=1S/C25H21ClN2O/c1-25(14-15-27)22-16-20(26)12-13-21(22)24(29)28(17-18-8-4-2-5-9-18)23(25)19-10-6-3-7-11-19/h2-13,16,23H,14,17H2,1H3/t23-,25-/m1/s1. The lowest BCUT2D eigenvalue weighted by Gasteiger charge is -2.48. The van der Waals surface area contributed by atoms with Gasteiger partial charge in [0.15, 0.2) is 0 Å².